The van der Waals surface area contributed by atoms with Crippen LogP contribution in [0.2, 0.25) is 15.1 Å². The van der Waals surface area contributed by atoms with Crippen molar-refractivity contribution in [2.75, 3.05) is 0 Å². The molecule has 0 fully saturated rings. The highest BCUT2D eigenvalue weighted by molar-refractivity contribution is 6.44. The van der Waals surface area contributed by atoms with Crippen LogP contribution in [0, 0.1) is 0 Å². The van der Waals surface area contributed by atoms with Crippen molar-refractivity contribution < 1.29 is 5.11 Å². The average molecular weight is 275 g/mol. The Kier molecular flexibility index (Phi) is 3.24. The van der Waals surface area contributed by atoms with Crippen molar-refractivity contribution in [3.05, 3.63) is 45.5 Å². The lowest BCUT2D eigenvalue weighted by Crippen LogP contribution is -1.85. The zero-order chi connectivity index (χ0) is 11.7. The zero-order valence-corrected chi connectivity index (χ0v) is 10.2. The number of hydrogen-bond acceptors (Lipinski definition) is 2. The van der Waals surface area contributed by atoms with Gasteiger partial charge in [-0.25, -0.2) is 0 Å². The molecule has 2 aromatic rings. The van der Waals surface area contributed by atoms with E-state index < -0.39 is 0 Å². The number of benzene rings is 1. The molecule has 0 aliphatic heterocycles. The van der Waals surface area contributed by atoms with E-state index in [4.69, 9.17) is 34.8 Å². The van der Waals surface area contributed by atoms with Gasteiger partial charge < -0.3 is 5.11 Å². The monoisotopic (exact) mass is 273 g/mol. The summed E-state index contributed by atoms with van der Waals surface area (Å²) in [4.78, 5) is 4.04. The van der Waals surface area contributed by atoms with Crippen LogP contribution in [0.1, 0.15) is 0 Å². The van der Waals surface area contributed by atoms with E-state index in [-0.39, 0.29) is 5.75 Å². The maximum Gasteiger partial charge on any atom is 0.141 e. The molecule has 2 nitrogen and oxygen atoms in total. The highest BCUT2D eigenvalue weighted by atomic mass is 35.5. The SMILES string of the molecule is Oc1cccnc1-c1cc(Cl)c(Cl)cc1Cl. The lowest BCUT2D eigenvalue weighted by atomic mass is 10.1. The van der Waals surface area contributed by atoms with Gasteiger partial charge in [0.1, 0.15) is 11.4 Å². The molecule has 0 amide bonds. The number of halogens is 3. The molecule has 0 atom stereocenters. The van der Waals surface area contributed by atoms with Gasteiger partial charge >= 0.3 is 0 Å². The van der Waals surface area contributed by atoms with Crippen LogP contribution < -0.4 is 0 Å². The van der Waals surface area contributed by atoms with Gasteiger partial charge in [-0.15, -0.1) is 0 Å². The minimum Gasteiger partial charge on any atom is -0.506 e. The van der Waals surface area contributed by atoms with Gasteiger partial charge in [0.05, 0.1) is 15.1 Å². The first-order valence-electron chi connectivity index (χ1n) is 4.38. The summed E-state index contributed by atoms with van der Waals surface area (Å²) >= 11 is 17.7. The predicted octanol–water partition coefficient (Wildman–Crippen LogP) is 4.41. The van der Waals surface area contributed by atoms with E-state index in [0.29, 0.717) is 26.3 Å². The van der Waals surface area contributed by atoms with Crippen LogP contribution in [0.25, 0.3) is 11.3 Å². The molecule has 0 saturated heterocycles. The fourth-order valence-electron chi connectivity index (χ4n) is 1.31. The lowest BCUT2D eigenvalue weighted by Gasteiger charge is -2.07. The third-order valence-corrected chi connectivity index (χ3v) is 3.09. The van der Waals surface area contributed by atoms with Crippen molar-refractivity contribution in [2.24, 2.45) is 0 Å². The summed E-state index contributed by atoms with van der Waals surface area (Å²) < 4.78 is 0. The molecule has 16 heavy (non-hydrogen) atoms. The van der Waals surface area contributed by atoms with Gasteiger partial charge in [-0.1, -0.05) is 34.8 Å². The van der Waals surface area contributed by atoms with E-state index in [1.165, 1.54) is 12.1 Å². The molecule has 0 bridgehead atoms. The number of nitrogens with zero attached hydrogens (tertiary/aromatic N) is 1. The van der Waals surface area contributed by atoms with Crippen LogP contribution in [-0.4, -0.2) is 10.1 Å². The number of aromatic nitrogens is 1. The molecule has 0 unspecified atom stereocenters. The number of pyridine rings is 1. The zero-order valence-electron chi connectivity index (χ0n) is 7.92. The molecule has 0 spiro atoms. The minimum atomic E-state index is 0.0442. The Balaban J connectivity index is 2.65. The van der Waals surface area contributed by atoms with Crippen LogP contribution in [0.4, 0.5) is 0 Å². The van der Waals surface area contributed by atoms with Crippen molar-refractivity contribution in [3.8, 4) is 17.0 Å². The normalized spacial score (nSPS) is 10.4. The molecule has 1 aromatic carbocycles. The fraction of sp³-hybridized carbons (Fsp3) is 0. The molecular formula is C11H6Cl3NO. The van der Waals surface area contributed by atoms with Crippen LogP contribution >= 0.6 is 34.8 Å². The smallest absolute Gasteiger partial charge is 0.141 e. The molecule has 1 aromatic heterocycles. The van der Waals surface area contributed by atoms with Gasteiger partial charge in [0.25, 0.3) is 0 Å². The van der Waals surface area contributed by atoms with E-state index in [2.05, 4.69) is 4.98 Å². The van der Waals surface area contributed by atoms with E-state index in [1.54, 1.807) is 18.3 Å². The van der Waals surface area contributed by atoms with Gasteiger partial charge in [0.2, 0.25) is 0 Å². The molecule has 0 aliphatic carbocycles. The van der Waals surface area contributed by atoms with Crippen LogP contribution in [0.5, 0.6) is 5.75 Å². The third kappa shape index (κ3) is 2.09. The Labute approximate surface area is 107 Å². The van der Waals surface area contributed by atoms with Crippen LogP contribution in [0.3, 0.4) is 0 Å². The molecule has 0 aliphatic rings. The maximum absolute atomic E-state index is 9.65. The second kappa shape index (κ2) is 4.50. The third-order valence-electron chi connectivity index (χ3n) is 2.05. The van der Waals surface area contributed by atoms with Crippen molar-refractivity contribution in [2.45, 2.75) is 0 Å². The lowest BCUT2D eigenvalue weighted by molar-refractivity contribution is 0.475. The second-order valence-electron chi connectivity index (χ2n) is 3.12. The van der Waals surface area contributed by atoms with Gasteiger partial charge in [0, 0.05) is 11.8 Å². The summed E-state index contributed by atoms with van der Waals surface area (Å²) in [6.07, 6.45) is 1.56. The molecule has 0 radical (unpaired) electrons. The van der Waals surface area contributed by atoms with Crippen molar-refractivity contribution >= 4 is 34.8 Å². The van der Waals surface area contributed by atoms with Crippen molar-refractivity contribution in [3.63, 3.8) is 0 Å². The van der Waals surface area contributed by atoms with E-state index in [0.717, 1.165) is 0 Å². The van der Waals surface area contributed by atoms with E-state index >= 15 is 0 Å². The highest BCUT2D eigenvalue weighted by Gasteiger charge is 2.12. The van der Waals surface area contributed by atoms with Gasteiger partial charge in [0.15, 0.2) is 0 Å². The van der Waals surface area contributed by atoms with E-state index in [9.17, 15) is 5.11 Å². The minimum absolute atomic E-state index is 0.0442. The standard InChI is InChI=1S/C11H6Cl3NO/c12-7-5-9(14)8(13)4-6(7)11-10(16)2-1-3-15-11/h1-5,16H. The molecule has 2 rings (SSSR count). The summed E-state index contributed by atoms with van der Waals surface area (Å²) in [5.74, 6) is 0.0442. The number of rotatable bonds is 1. The molecule has 82 valence electrons. The molecular weight excluding hydrogens is 268 g/mol. The highest BCUT2D eigenvalue weighted by Crippen LogP contribution is 2.37. The Morgan fingerprint density at radius 3 is 2.38 bits per heavy atom. The maximum atomic E-state index is 9.65. The van der Waals surface area contributed by atoms with Crippen LogP contribution in [0.15, 0.2) is 30.5 Å². The summed E-state index contributed by atoms with van der Waals surface area (Å²) in [6.45, 7) is 0. The quantitative estimate of drug-likeness (QED) is 0.781. The second-order valence-corrected chi connectivity index (χ2v) is 4.34. The molecule has 1 N–H and O–H groups in total. The van der Waals surface area contributed by atoms with Crippen molar-refractivity contribution in [1.82, 2.24) is 4.98 Å². The number of aromatic hydroxyl groups is 1. The van der Waals surface area contributed by atoms with Gasteiger partial charge in [-0.2, -0.15) is 0 Å². The van der Waals surface area contributed by atoms with Gasteiger partial charge in [-0.05, 0) is 24.3 Å². The molecule has 5 heteroatoms. The van der Waals surface area contributed by atoms with E-state index in [1.807, 2.05) is 0 Å². The first kappa shape index (κ1) is 11.5. The summed E-state index contributed by atoms with van der Waals surface area (Å²) in [7, 11) is 0. The largest absolute Gasteiger partial charge is 0.506 e. The Morgan fingerprint density at radius 1 is 1.00 bits per heavy atom. The summed E-state index contributed by atoms with van der Waals surface area (Å²) in [5.41, 5.74) is 0.931. The van der Waals surface area contributed by atoms with Crippen LogP contribution in [-0.2, 0) is 0 Å². The first-order valence-corrected chi connectivity index (χ1v) is 5.52. The van der Waals surface area contributed by atoms with Gasteiger partial charge in [-0.3, -0.25) is 4.98 Å². The number of hydrogen-bond donors (Lipinski definition) is 1. The topological polar surface area (TPSA) is 33.1 Å². The summed E-state index contributed by atoms with van der Waals surface area (Å²) in [6, 6.07) is 6.26. The fourth-order valence-corrected chi connectivity index (χ4v) is 1.94. The Morgan fingerprint density at radius 2 is 1.69 bits per heavy atom. The van der Waals surface area contributed by atoms with Crippen molar-refractivity contribution in [1.29, 1.82) is 0 Å². The average Bonchev–Trinajstić information content (AvgIpc) is 2.25. The first-order chi connectivity index (χ1) is 7.59. The Bertz CT molecular complexity index is 543. The Hall–Kier alpha value is -0.960. The summed E-state index contributed by atoms with van der Waals surface area (Å²) in [5, 5.41) is 10.8. The predicted molar refractivity (Wildman–Crippen MR) is 66.4 cm³/mol. The molecule has 1 heterocycles. The molecule has 0 saturated carbocycles.